The number of alkyl halides is 1. The summed E-state index contributed by atoms with van der Waals surface area (Å²) < 4.78 is 11.7. The highest BCUT2D eigenvalue weighted by atomic mass is 79.9. The monoisotopic (exact) mass is 258 g/mol. The minimum absolute atomic E-state index is 0.206. The van der Waals surface area contributed by atoms with Gasteiger partial charge in [0.15, 0.2) is 5.79 Å². The summed E-state index contributed by atoms with van der Waals surface area (Å²) in [5.74, 6) is 1.69. The van der Waals surface area contributed by atoms with Crippen LogP contribution in [0.1, 0.15) is 12.8 Å². The van der Waals surface area contributed by atoms with E-state index < -0.39 is 0 Å². The number of hydrogen-bond donors (Lipinski definition) is 0. The molecule has 78 valence electrons. The zero-order valence-electron chi connectivity index (χ0n) is 8.12. The predicted octanol–water partition coefficient (Wildman–Crippen LogP) is 2.34. The Morgan fingerprint density at radius 1 is 1.36 bits per heavy atom. The van der Waals surface area contributed by atoms with Crippen LogP contribution in [0.2, 0.25) is 0 Å². The summed E-state index contributed by atoms with van der Waals surface area (Å²) in [6.07, 6.45) is 6.94. The maximum atomic E-state index is 5.87. The summed E-state index contributed by atoms with van der Waals surface area (Å²) in [5, 5.41) is 1.04. The zero-order valence-corrected chi connectivity index (χ0v) is 9.70. The first kappa shape index (κ1) is 9.37. The van der Waals surface area contributed by atoms with Gasteiger partial charge in [-0.3, -0.25) is 0 Å². The first-order valence-electron chi connectivity index (χ1n) is 5.39. The van der Waals surface area contributed by atoms with Crippen LogP contribution in [0.5, 0.6) is 0 Å². The van der Waals surface area contributed by atoms with Crippen molar-refractivity contribution in [3.8, 4) is 0 Å². The molecule has 2 aliphatic carbocycles. The van der Waals surface area contributed by atoms with E-state index in [9.17, 15) is 0 Å². The maximum Gasteiger partial charge on any atom is 0.175 e. The van der Waals surface area contributed by atoms with Gasteiger partial charge >= 0.3 is 0 Å². The molecule has 1 spiro atoms. The highest BCUT2D eigenvalue weighted by molar-refractivity contribution is 9.09. The minimum Gasteiger partial charge on any atom is -0.347 e. The number of hydrogen-bond acceptors (Lipinski definition) is 2. The average molecular weight is 259 g/mol. The van der Waals surface area contributed by atoms with Crippen LogP contribution in [-0.2, 0) is 9.47 Å². The fourth-order valence-corrected chi connectivity index (χ4v) is 3.82. The van der Waals surface area contributed by atoms with Gasteiger partial charge < -0.3 is 9.47 Å². The lowest BCUT2D eigenvalue weighted by atomic mass is 9.60. The average Bonchev–Trinajstić information content (AvgIpc) is 2.82. The molecule has 0 radical (unpaired) electrons. The van der Waals surface area contributed by atoms with Crippen LogP contribution in [0.3, 0.4) is 0 Å². The quantitative estimate of drug-likeness (QED) is 0.559. The van der Waals surface area contributed by atoms with Gasteiger partial charge in [-0.25, -0.2) is 0 Å². The lowest BCUT2D eigenvalue weighted by molar-refractivity contribution is -0.306. The summed E-state index contributed by atoms with van der Waals surface area (Å²) in [6, 6.07) is 0. The standard InChI is InChI=1S/C11H15BrO2/c12-5-4-10-8-2-1-3-9(8)11(10)13-6-7-14-11/h1-2,8-10H,3-7H2/t8-,9?,10?/m0/s1. The Balaban J connectivity index is 1.82. The Bertz CT molecular complexity index is 258. The van der Waals surface area contributed by atoms with Gasteiger partial charge in [0.25, 0.3) is 0 Å². The van der Waals surface area contributed by atoms with Crippen LogP contribution in [0.15, 0.2) is 12.2 Å². The van der Waals surface area contributed by atoms with E-state index in [-0.39, 0.29) is 5.79 Å². The second kappa shape index (κ2) is 3.32. The van der Waals surface area contributed by atoms with Crippen molar-refractivity contribution in [3.05, 3.63) is 12.2 Å². The van der Waals surface area contributed by atoms with E-state index in [1.807, 2.05) is 0 Å². The molecule has 1 saturated heterocycles. The predicted molar refractivity (Wildman–Crippen MR) is 57.3 cm³/mol. The van der Waals surface area contributed by atoms with Gasteiger partial charge in [0.2, 0.25) is 0 Å². The molecule has 3 rings (SSSR count). The molecule has 2 unspecified atom stereocenters. The summed E-state index contributed by atoms with van der Waals surface area (Å²) in [6.45, 7) is 1.56. The van der Waals surface area contributed by atoms with Crippen molar-refractivity contribution < 1.29 is 9.47 Å². The van der Waals surface area contributed by atoms with Crippen LogP contribution in [0.25, 0.3) is 0 Å². The number of fused-ring (bicyclic) bond motifs is 2. The van der Waals surface area contributed by atoms with Gasteiger partial charge in [-0.05, 0) is 18.8 Å². The highest BCUT2D eigenvalue weighted by Crippen LogP contribution is 2.60. The number of ether oxygens (including phenoxy) is 2. The van der Waals surface area contributed by atoms with E-state index >= 15 is 0 Å². The second-order valence-electron chi connectivity index (χ2n) is 4.35. The van der Waals surface area contributed by atoms with E-state index in [4.69, 9.17) is 9.47 Å². The molecular weight excluding hydrogens is 244 g/mol. The molecule has 1 saturated carbocycles. The number of rotatable bonds is 2. The van der Waals surface area contributed by atoms with Gasteiger partial charge in [-0.1, -0.05) is 28.1 Å². The van der Waals surface area contributed by atoms with Crippen molar-refractivity contribution in [2.24, 2.45) is 17.8 Å². The van der Waals surface area contributed by atoms with Gasteiger partial charge in [0.1, 0.15) is 0 Å². The molecule has 0 aromatic carbocycles. The molecule has 0 bridgehead atoms. The van der Waals surface area contributed by atoms with Crippen molar-refractivity contribution in [1.82, 2.24) is 0 Å². The van der Waals surface area contributed by atoms with Crippen LogP contribution >= 0.6 is 15.9 Å². The summed E-state index contributed by atoms with van der Waals surface area (Å²) in [4.78, 5) is 0. The molecule has 0 aromatic rings. The van der Waals surface area contributed by atoms with Crippen LogP contribution in [0.4, 0.5) is 0 Å². The molecule has 0 N–H and O–H groups in total. The normalized spacial score (nSPS) is 42.8. The third-order valence-electron chi connectivity index (χ3n) is 3.87. The third kappa shape index (κ3) is 1.04. The Morgan fingerprint density at radius 3 is 2.86 bits per heavy atom. The van der Waals surface area contributed by atoms with Gasteiger partial charge in [0.05, 0.1) is 13.2 Å². The van der Waals surface area contributed by atoms with E-state index in [0.717, 1.165) is 31.4 Å². The fraction of sp³-hybridized carbons (Fsp3) is 0.818. The first-order valence-corrected chi connectivity index (χ1v) is 6.51. The lowest BCUT2D eigenvalue weighted by Gasteiger charge is -2.55. The van der Waals surface area contributed by atoms with Crippen molar-refractivity contribution in [2.45, 2.75) is 18.6 Å². The molecule has 0 amide bonds. The molecule has 3 atom stereocenters. The van der Waals surface area contributed by atoms with Gasteiger partial charge in [-0.2, -0.15) is 0 Å². The Hall–Kier alpha value is 0.140. The summed E-state index contributed by atoms with van der Waals surface area (Å²) >= 11 is 3.52. The molecule has 3 aliphatic rings. The Labute approximate surface area is 92.8 Å². The maximum absolute atomic E-state index is 5.87. The van der Waals surface area contributed by atoms with Crippen LogP contribution < -0.4 is 0 Å². The number of halogens is 1. The molecule has 14 heavy (non-hydrogen) atoms. The SMILES string of the molecule is BrCCC1[C@H]2C=CCC2C12OCCO2. The van der Waals surface area contributed by atoms with Crippen molar-refractivity contribution in [3.63, 3.8) is 0 Å². The Morgan fingerprint density at radius 2 is 2.14 bits per heavy atom. The molecule has 2 nitrogen and oxygen atoms in total. The molecule has 0 aromatic heterocycles. The lowest BCUT2D eigenvalue weighted by Crippen LogP contribution is -2.61. The molecular formula is C11H15BrO2. The summed E-state index contributed by atoms with van der Waals surface area (Å²) in [7, 11) is 0. The number of allylic oxidation sites excluding steroid dienone is 2. The van der Waals surface area contributed by atoms with Crippen LogP contribution in [-0.4, -0.2) is 24.3 Å². The fourth-order valence-electron chi connectivity index (χ4n) is 3.33. The zero-order chi connectivity index (χ0) is 9.60. The van der Waals surface area contributed by atoms with Crippen molar-refractivity contribution >= 4 is 15.9 Å². The van der Waals surface area contributed by atoms with Gasteiger partial charge in [-0.15, -0.1) is 0 Å². The molecule has 2 fully saturated rings. The van der Waals surface area contributed by atoms with Gasteiger partial charge in [0, 0.05) is 17.2 Å². The topological polar surface area (TPSA) is 18.5 Å². The van der Waals surface area contributed by atoms with E-state index in [1.165, 1.54) is 0 Å². The van der Waals surface area contributed by atoms with E-state index in [2.05, 4.69) is 28.1 Å². The largest absolute Gasteiger partial charge is 0.347 e. The molecule has 3 heteroatoms. The van der Waals surface area contributed by atoms with Crippen molar-refractivity contribution in [1.29, 1.82) is 0 Å². The Kier molecular flexibility index (Phi) is 2.22. The minimum atomic E-state index is -0.206. The highest BCUT2D eigenvalue weighted by Gasteiger charge is 2.65. The summed E-state index contributed by atoms with van der Waals surface area (Å²) in [5.41, 5.74) is 0. The smallest absolute Gasteiger partial charge is 0.175 e. The van der Waals surface area contributed by atoms with E-state index in [0.29, 0.717) is 17.8 Å². The molecule has 1 heterocycles. The first-order chi connectivity index (χ1) is 6.88. The third-order valence-corrected chi connectivity index (χ3v) is 4.33. The van der Waals surface area contributed by atoms with E-state index in [1.54, 1.807) is 0 Å². The van der Waals surface area contributed by atoms with Crippen LogP contribution in [0, 0.1) is 17.8 Å². The van der Waals surface area contributed by atoms with Crippen molar-refractivity contribution in [2.75, 3.05) is 18.5 Å². The molecule has 1 aliphatic heterocycles. The second-order valence-corrected chi connectivity index (χ2v) is 5.14.